The molecule has 0 radical (unpaired) electrons. The molecule has 0 saturated carbocycles. The summed E-state index contributed by atoms with van der Waals surface area (Å²) >= 11 is 0. The number of fused-ring (bicyclic) bond motifs is 1. The number of rotatable bonds is 5. The number of nitrogens with zero attached hydrogens (tertiary/aromatic N) is 2. The van der Waals surface area contributed by atoms with Crippen molar-refractivity contribution in [3.05, 3.63) is 35.4 Å². The van der Waals surface area contributed by atoms with Crippen molar-refractivity contribution in [3.8, 4) is 0 Å². The Morgan fingerprint density at radius 2 is 1.91 bits per heavy atom. The van der Waals surface area contributed by atoms with Crippen LogP contribution >= 0.6 is 0 Å². The minimum atomic E-state index is 0.299. The van der Waals surface area contributed by atoms with Gasteiger partial charge in [0.15, 0.2) is 0 Å². The fraction of sp³-hybridized carbons (Fsp3) is 0.632. The normalized spacial score (nSPS) is 19.6. The summed E-state index contributed by atoms with van der Waals surface area (Å²) in [5.74, 6) is 1.13. The van der Waals surface area contributed by atoms with E-state index in [1.54, 1.807) is 0 Å². The summed E-state index contributed by atoms with van der Waals surface area (Å²) < 4.78 is 0. The van der Waals surface area contributed by atoms with Crippen LogP contribution < -0.4 is 5.32 Å². The van der Waals surface area contributed by atoms with Crippen molar-refractivity contribution in [2.24, 2.45) is 5.92 Å². The Morgan fingerprint density at radius 1 is 1.17 bits per heavy atom. The quantitative estimate of drug-likeness (QED) is 0.901. The van der Waals surface area contributed by atoms with Gasteiger partial charge in [-0.3, -0.25) is 9.69 Å². The maximum absolute atomic E-state index is 12.6. The molecular formula is C19H29N3O. The lowest BCUT2D eigenvalue weighted by atomic mass is 9.93. The molecule has 1 N–H and O–H groups in total. The van der Waals surface area contributed by atoms with Gasteiger partial charge in [0.25, 0.3) is 0 Å². The van der Waals surface area contributed by atoms with Crippen LogP contribution in [0.2, 0.25) is 0 Å². The number of carbonyl (C=O) groups excluding carboxylic acids is 1. The van der Waals surface area contributed by atoms with Gasteiger partial charge in [0.2, 0.25) is 5.91 Å². The van der Waals surface area contributed by atoms with Gasteiger partial charge in [-0.15, -0.1) is 0 Å². The summed E-state index contributed by atoms with van der Waals surface area (Å²) in [4.78, 5) is 17.0. The van der Waals surface area contributed by atoms with E-state index < -0.39 is 0 Å². The summed E-state index contributed by atoms with van der Waals surface area (Å²) in [6.45, 7) is 5.51. The molecule has 2 aliphatic heterocycles. The molecule has 1 fully saturated rings. The maximum atomic E-state index is 12.6. The Hall–Kier alpha value is -1.39. The predicted octanol–water partition coefficient (Wildman–Crippen LogP) is 1.89. The Bertz CT molecular complexity index is 523. The summed E-state index contributed by atoms with van der Waals surface area (Å²) in [5.41, 5.74) is 2.72. The van der Waals surface area contributed by atoms with Crippen LogP contribution in [0.1, 0.15) is 30.4 Å². The molecule has 0 bridgehead atoms. The van der Waals surface area contributed by atoms with E-state index in [4.69, 9.17) is 0 Å². The molecule has 0 aromatic heterocycles. The number of nitrogens with one attached hydrogen (secondary N) is 1. The standard InChI is InChI=1S/C19H29N3O/c1-20-10-6-16-7-11-21(12-8-16)15-19(23)22-13-9-17-4-2-3-5-18(17)14-22/h2-5,16,20H,6-15H2,1H3. The van der Waals surface area contributed by atoms with Crippen molar-refractivity contribution in [3.63, 3.8) is 0 Å². The Morgan fingerprint density at radius 3 is 2.65 bits per heavy atom. The zero-order chi connectivity index (χ0) is 16.1. The SMILES string of the molecule is CNCCC1CCN(CC(=O)N2CCc3ccccc3C2)CC1. The minimum Gasteiger partial charge on any atom is -0.337 e. The fourth-order valence-electron chi connectivity index (χ4n) is 3.78. The predicted molar refractivity (Wildman–Crippen MR) is 93.3 cm³/mol. The molecule has 1 saturated heterocycles. The van der Waals surface area contributed by atoms with Crippen LogP contribution in [-0.4, -0.2) is 55.5 Å². The molecule has 0 unspecified atom stereocenters. The molecule has 1 aromatic rings. The van der Waals surface area contributed by atoms with Gasteiger partial charge in [0, 0.05) is 13.1 Å². The van der Waals surface area contributed by atoms with Crippen LogP contribution in [0.4, 0.5) is 0 Å². The van der Waals surface area contributed by atoms with E-state index in [-0.39, 0.29) is 0 Å². The van der Waals surface area contributed by atoms with Crippen molar-refractivity contribution >= 4 is 5.91 Å². The fourth-order valence-corrected chi connectivity index (χ4v) is 3.78. The summed E-state index contributed by atoms with van der Waals surface area (Å²) in [7, 11) is 2.02. The highest BCUT2D eigenvalue weighted by Crippen LogP contribution is 2.21. The Kier molecular flexibility index (Phi) is 5.68. The third kappa shape index (κ3) is 4.33. The lowest BCUT2D eigenvalue weighted by Crippen LogP contribution is -2.45. The molecule has 0 aliphatic carbocycles. The number of piperidine rings is 1. The summed E-state index contributed by atoms with van der Waals surface area (Å²) in [6.07, 6.45) is 4.73. The van der Waals surface area contributed by atoms with Crippen LogP contribution in [0.3, 0.4) is 0 Å². The van der Waals surface area contributed by atoms with E-state index in [1.807, 2.05) is 11.9 Å². The zero-order valence-corrected chi connectivity index (χ0v) is 14.3. The molecule has 2 aliphatic rings. The average molecular weight is 315 g/mol. The minimum absolute atomic E-state index is 0.299. The van der Waals surface area contributed by atoms with Crippen LogP contribution in [-0.2, 0) is 17.8 Å². The first-order valence-electron chi connectivity index (χ1n) is 8.98. The van der Waals surface area contributed by atoms with E-state index >= 15 is 0 Å². The molecular weight excluding hydrogens is 286 g/mol. The van der Waals surface area contributed by atoms with E-state index in [9.17, 15) is 4.79 Å². The molecule has 0 spiro atoms. The highest BCUT2D eigenvalue weighted by atomic mass is 16.2. The first-order valence-corrected chi connectivity index (χ1v) is 8.98. The first-order chi connectivity index (χ1) is 11.3. The topological polar surface area (TPSA) is 35.6 Å². The van der Waals surface area contributed by atoms with E-state index in [0.29, 0.717) is 12.5 Å². The molecule has 1 aromatic carbocycles. The number of amides is 1. The largest absolute Gasteiger partial charge is 0.337 e. The van der Waals surface area contributed by atoms with Gasteiger partial charge >= 0.3 is 0 Å². The highest BCUT2D eigenvalue weighted by Gasteiger charge is 2.24. The molecule has 1 amide bonds. The molecule has 4 nitrogen and oxygen atoms in total. The van der Waals surface area contributed by atoms with Crippen molar-refractivity contribution in [2.75, 3.05) is 39.8 Å². The number of benzene rings is 1. The second kappa shape index (κ2) is 7.93. The Balaban J connectivity index is 1.45. The molecule has 0 atom stereocenters. The van der Waals surface area contributed by atoms with Gasteiger partial charge in [-0.05, 0) is 69.4 Å². The number of hydrogen-bond donors (Lipinski definition) is 1. The van der Waals surface area contributed by atoms with Gasteiger partial charge < -0.3 is 10.2 Å². The lowest BCUT2D eigenvalue weighted by molar-refractivity contribution is -0.133. The van der Waals surface area contributed by atoms with Gasteiger partial charge in [-0.25, -0.2) is 0 Å². The van der Waals surface area contributed by atoms with Crippen molar-refractivity contribution in [1.82, 2.24) is 15.1 Å². The van der Waals surface area contributed by atoms with Gasteiger partial charge in [-0.2, -0.15) is 0 Å². The third-order valence-electron chi connectivity index (χ3n) is 5.35. The van der Waals surface area contributed by atoms with E-state index in [2.05, 4.69) is 34.5 Å². The monoisotopic (exact) mass is 315 g/mol. The Labute approximate surface area is 139 Å². The zero-order valence-electron chi connectivity index (χ0n) is 14.3. The smallest absolute Gasteiger partial charge is 0.237 e. The van der Waals surface area contributed by atoms with Crippen molar-refractivity contribution < 1.29 is 4.79 Å². The average Bonchev–Trinajstić information content (AvgIpc) is 2.60. The number of carbonyl (C=O) groups is 1. The molecule has 3 rings (SSSR count). The second-order valence-corrected chi connectivity index (χ2v) is 6.95. The van der Waals surface area contributed by atoms with Gasteiger partial charge in [0.1, 0.15) is 0 Å². The summed E-state index contributed by atoms with van der Waals surface area (Å²) in [5, 5.41) is 3.24. The van der Waals surface area contributed by atoms with Gasteiger partial charge in [0.05, 0.1) is 6.54 Å². The second-order valence-electron chi connectivity index (χ2n) is 6.95. The van der Waals surface area contributed by atoms with Crippen molar-refractivity contribution in [2.45, 2.75) is 32.2 Å². The van der Waals surface area contributed by atoms with Crippen LogP contribution in [0.5, 0.6) is 0 Å². The molecule has 4 heteroatoms. The van der Waals surface area contributed by atoms with Crippen LogP contribution in [0.25, 0.3) is 0 Å². The summed E-state index contributed by atoms with van der Waals surface area (Å²) in [6, 6.07) is 8.51. The first kappa shape index (κ1) is 16.5. The third-order valence-corrected chi connectivity index (χ3v) is 5.35. The van der Waals surface area contributed by atoms with Crippen LogP contribution in [0, 0.1) is 5.92 Å². The maximum Gasteiger partial charge on any atom is 0.237 e. The molecule has 126 valence electrons. The van der Waals surface area contributed by atoms with Crippen LogP contribution in [0.15, 0.2) is 24.3 Å². The van der Waals surface area contributed by atoms with E-state index in [0.717, 1.165) is 45.1 Å². The highest BCUT2D eigenvalue weighted by molar-refractivity contribution is 5.78. The lowest BCUT2D eigenvalue weighted by Gasteiger charge is -2.34. The number of likely N-dealkylation sites (tertiary alicyclic amines) is 1. The van der Waals surface area contributed by atoms with Gasteiger partial charge in [-0.1, -0.05) is 24.3 Å². The molecule has 23 heavy (non-hydrogen) atoms. The van der Waals surface area contributed by atoms with E-state index in [1.165, 1.54) is 30.4 Å². The number of hydrogen-bond acceptors (Lipinski definition) is 3. The van der Waals surface area contributed by atoms with Crippen molar-refractivity contribution in [1.29, 1.82) is 0 Å². The molecule has 2 heterocycles.